The van der Waals surface area contributed by atoms with E-state index >= 15 is 4.39 Å². The summed E-state index contributed by atoms with van der Waals surface area (Å²) >= 11 is 0. The molecule has 31 heavy (non-hydrogen) atoms. The van der Waals surface area contributed by atoms with Gasteiger partial charge in [-0.2, -0.15) is 8.62 Å². The van der Waals surface area contributed by atoms with Gasteiger partial charge in [0.1, 0.15) is 6.61 Å². The number of amides is 1. The van der Waals surface area contributed by atoms with Crippen molar-refractivity contribution in [3.63, 3.8) is 0 Å². The van der Waals surface area contributed by atoms with Gasteiger partial charge in [-0.05, 0) is 13.0 Å². The fraction of sp³-hybridized carbons (Fsp3) is 0.636. The minimum Gasteiger partial charge on any atom is -0.384 e. The van der Waals surface area contributed by atoms with Gasteiger partial charge in [-0.25, -0.2) is 22.5 Å². The van der Waals surface area contributed by atoms with Crippen molar-refractivity contribution in [3.8, 4) is 0 Å². The third-order valence-corrected chi connectivity index (χ3v) is 7.64. The number of nitrogens with zero attached hydrogens (tertiary/aromatic N) is 1. The van der Waals surface area contributed by atoms with E-state index in [0.29, 0.717) is 11.8 Å². The van der Waals surface area contributed by atoms with Crippen LogP contribution in [0, 0.1) is 0 Å². The van der Waals surface area contributed by atoms with E-state index in [1.54, 1.807) is 0 Å². The maximum absolute atomic E-state index is 15.0. The zero-order chi connectivity index (χ0) is 24.0. The molecule has 1 saturated heterocycles. The zero-order valence-corrected chi connectivity index (χ0v) is 17.9. The topological polar surface area (TPSA) is 227 Å². The molecule has 0 saturated carbocycles. The summed E-state index contributed by atoms with van der Waals surface area (Å²) < 4.78 is 79.0. The first-order chi connectivity index (χ1) is 13.8. The molecule has 2 aliphatic heterocycles. The monoisotopic (exact) mass is 517 g/mol. The normalized spacial score (nSPS) is 35.8. The number of carbonyl (C=O) groups is 2. The van der Waals surface area contributed by atoms with Gasteiger partial charge in [0.05, 0.1) is 6.42 Å². The van der Waals surface area contributed by atoms with E-state index in [1.807, 2.05) is 0 Å². The Morgan fingerprint density at radius 3 is 2.26 bits per heavy atom. The molecule has 178 valence electrons. The van der Waals surface area contributed by atoms with Gasteiger partial charge in [-0.15, -0.1) is 0 Å². The highest BCUT2D eigenvalue weighted by atomic mass is 31.3. The van der Waals surface area contributed by atoms with Crippen LogP contribution in [0.15, 0.2) is 12.3 Å². The molecule has 20 heteroatoms. The van der Waals surface area contributed by atoms with Gasteiger partial charge in [0.25, 0.3) is 5.85 Å². The van der Waals surface area contributed by atoms with Gasteiger partial charge in [-0.3, -0.25) is 19.0 Å². The Hall–Kier alpha value is -0.930. The van der Waals surface area contributed by atoms with E-state index in [0.717, 1.165) is 12.3 Å². The van der Waals surface area contributed by atoms with Gasteiger partial charge in [0.15, 0.2) is 23.8 Å². The number of phosphoric acid groups is 3. The number of hydrogen-bond acceptors (Lipinski definition) is 10. The summed E-state index contributed by atoms with van der Waals surface area (Å²) in [5, 5.41) is 9.97. The number of phosphoric ester groups is 1. The molecular weight excluding hydrogens is 501 g/mol. The number of rotatable bonds is 8. The third kappa shape index (κ3) is 6.32. The van der Waals surface area contributed by atoms with Crippen molar-refractivity contribution in [2.45, 2.75) is 37.2 Å². The molecule has 0 aliphatic carbocycles. The number of hydrogen-bond donors (Lipinski definition) is 5. The molecule has 0 spiro atoms. The number of carbonyl (C=O) groups excluding carboxylic acids is 2. The maximum Gasteiger partial charge on any atom is 0.490 e. The first-order valence-corrected chi connectivity index (χ1v) is 12.3. The molecule has 0 aromatic rings. The lowest BCUT2D eigenvalue weighted by molar-refractivity contribution is -0.210. The van der Waals surface area contributed by atoms with Crippen LogP contribution < -0.4 is 0 Å². The Balaban J connectivity index is 2.16. The lowest BCUT2D eigenvalue weighted by Crippen LogP contribution is -2.52. The van der Waals surface area contributed by atoms with Gasteiger partial charge >= 0.3 is 23.5 Å². The second-order valence-corrected chi connectivity index (χ2v) is 10.9. The third-order valence-electron chi connectivity index (χ3n) is 3.86. The van der Waals surface area contributed by atoms with Crippen LogP contribution in [0.25, 0.3) is 0 Å². The van der Waals surface area contributed by atoms with Gasteiger partial charge in [0.2, 0.25) is 5.91 Å². The number of ketones is 1. The molecule has 5 N–H and O–H groups in total. The van der Waals surface area contributed by atoms with E-state index in [9.17, 15) is 37.7 Å². The summed E-state index contributed by atoms with van der Waals surface area (Å²) in [6.07, 6.45) is -3.98. The molecule has 0 aromatic carbocycles. The van der Waals surface area contributed by atoms with Crippen molar-refractivity contribution in [2.75, 3.05) is 6.61 Å². The summed E-state index contributed by atoms with van der Waals surface area (Å²) in [5.74, 6) is -5.28. The maximum atomic E-state index is 15.0. The molecule has 1 fully saturated rings. The number of aliphatic hydroxyl groups excluding tert-OH is 1. The predicted octanol–water partition coefficient (Wildman–Crippen LogP) is -0.244. The molecule has 2 heterocycles. The molecule has 2 aliphatic rings. The molecule has 15 nitrogen and oxygen atoms in total. The van der Waals surface area contributed by atoms with Crippen LogP contribution >= 0.6 is 23.5 Å². The summed E-state index contributed by atoms with van der Waals surface area (Å²) in [7, 11) is -17.4. The smallest absolute Gasteiger partial charge is 0.384 e. The zero-order valence-electron chi connectivity index (χ0n) is 15.2. The standard InChI is InChI=1S/C11H16F2NO14P3/c1-10(12)8(17)11(13,26-9(10)14-3-2-6(15)4-7(14)16)5-25-30(21,22)28-31(23,24)27-29(18,19)20/h2-3,8-9,17H,4-5H2,1H3,(H,21,22)(H,23,24)(H2,18,19,20)/t8-,9+,10+,11+/m0/s1. The predicted molar refractivity (Wildman–Crippen MR) is 89.7 cm³/mol. The minimum atomic E-state index is -5.90. The SMILES string of the molecule is C[C@]1(F)[C@H](N2C=CC(=O)CC2=O)O[C@](F)(COP(=O)(O)OP(=O)(O)OP(=O)(O)O)[C@H]1O. The minimum absolute atomic E-state index is 0.469. The van der Waals surface area contributed by atoms with Crippen LogP contribution in [-0.4, -0.2) is 71.7 Å². The Kier molecular flexibility index (Phi) is 7.17. The Labute approximate surface area is 171 Å². The van der Waals surface area contributed by atoms with Crippen molar-refractivity contribution in [3.05, 3.63) is 12.3 Å². The molecule has 2 unspecified atom stereocenters. The van der Waals surface area contributed by atoms with E-state index in [-0.39, 0.29) is 0 Å². The van der Waals surface area contributed by atoms with E-state index < -0.39 is 72.0 Å². The highest BCUT2D eigenvalue weighted by Gasteiger charge is 2.66. The summed E-state index contributed by atoms with van der Waals surface area (Å²) in [5.41, 5.74) is -3.05. The molecular formula is C11H16F2NO14P3. The number of halogens is 2. The molecule has 0 bridgehead atoms. The van der Waals surface area contributed by atoms with Crippen molar-refractivity contribution >= 4 is 35.2 Å². The Morgan fingerprint density at radius 1 is 1.16 bits per heavy atom. The van der Waals surface area contributed by atoms with Crippen LogP contribution in [0.5, 0.6) is 0 Å². The van der Waals surface area contributed by atoms with Crippen molar-refractivity contribution in [1.82, 2.24) is 4.90 Å². The molecule has 0 aromatic heterocycles. The quantitative estimate of drug-likeness (QED) is 0.207. The average Bonchev–Trinajstić information content (AvgIpc) is 2.71. The van der Waals surface area contributed by atoms with Gasteiger partial charge in [0, 0.05) is 6.20 Å². The summed E-state index contributed by atoms with van der Waals surface area (Å²) in [6.45, 7) is -1.20. The second kappa shape index (κ2) is 8.45. The number of ether oxygens (including phenoxy) is 1. The fourth-order valence-electron chi connectivity index (χ4n) is 2.59. The second-order valence-electron chi connectivity index (χ2n) is 6.43. The highest BCUT2D eigenvalue weighted by Crippen LogP contribution is 2.66. The number of alkyl halides is 2. The van der Waals surface area contributed by atoms with E-state index in [2.05, 4.69) is 17.9 Å². The first kappa shape index (κ1) is 26.3. The lowest BCUT2D eigenvalue weighted by atomic mass is 9.96. The largest absolute Gasteiger partial charge is 0.490 e. The summed E-state index contributed by atoms with van der Waals surface area (Å²) in [6, 6.07) is 0. The van der Waals surface area contributed by atoms with Crippen LogP contribution in [0.4, 0.5) is 8.78 Å². The van der Waals surface area contributed by atoms with Crippen LogP contribution in [0.2, 0.25) is 0 Å². The number of aliphatic hydroxyl groups is 1. The molecule has 0 radical (unpaired) electrons. The molecule has 6 atom stereocenters. The van der Waals surface area contributed by atoms with Crippen molar-refractivity contribution in [2.24, 2.45) is 0 Å². The van der Waals surface area contributed by atoms with Crippen molar-refractivity contribution < 1.29 is 74.6 Å². The lowest BCUT2D eigenvalue weighted by Gasteiger charge is -2.32. The van der Waals surface area contributed by atoms with Gasteiger partial charge < -0.3 is 29.4 Å². The molecule has 2 rings (SSSR count). The average molecular weight is 517 g/mol. The van der Waals surface area contributed by atoms with E-state index in [1.165, 1.54) is 0 Å². The Morgan fingerprint density at radius 2 is 1.74 bits per heavy atom. The summed E-state index contributed by atoms with van der Waals surface area (Å²) in [4.78, 5) is 58.8. The van der Waals surface area contributed by atoms with Crippen molar-refractivity contribution in [1.29, 1.82) is 0 Å². The van der Waals surface area contributed by atoms with Gasteiger partial charge in [-0.1, -0.05) is 0 Å². The number of allylic oxidation sites excluding steroid dienone is 1. The first-order valence-electron chi connectivity index (χ1n) is 7.82. The Bertz CT molecular complexity index is 934. The van der Waals surface area contributed by atoms with Crippen LogP contribution in [0.1, 0.15) is 13.3 Å². The fourth-order valence-corrected chi connectivity index (χ4v) is 5.62. The molecule has 1 amide bonds. The van der Waals surface area contributed by atoms with Crippen LogP contribution in [0.3, 0.4) is 0 Å². The highest BCUT2D eigenvalue weighted by molar-refractivity contribution is 7.66. The van der Waals surface area contributed by atoms with E-state index in [4.69, 9.17) is 14.7 Å². The van der Waals surface area contributed by atoms with Crippen LogP contribution in [-0.2, 0) is 41.2 Å².